The molecule has 8 nitrogen and oxygen atoms in total. The zero-order valence-electron chi connectivity index (χ0n) is 20.7. The summed E-state index contributed by atoms with van der Waals surface area (Å²) in [6.07, 6.45) is -2.21. The number of halogens is 3. The first-order valence-electron chi connectivity index (χ1n) is 11.5. The number of carbonyl (C=O) groups is 2. The molecule has 0 aliphatic rings. The molecule has 2 aromatic heterocycles. The van der Waals surface area contributed by atoms with Gasteiger partial charge in [-0.1, -0.05) is 11.6 Å². The number of aromatic nitrogens is 3. The number of fused-ring (bicyclic) bond motifs is 1. The number of amides is 1. The molecule has 196 valence electrons. The lowest BCUT2D eigenvalue weighted by atomic mass is 10.00. The maximum atomic E-state index is 13.7. The van der Waals surface area contributed by atoms with Crippen LogP contribution in [-0.2, 0) is 17.4 Å². The number of benzene rings is 2. The molecule has 0 aliphatic carbocycles. The standard InChI is InChI=1S/C27H24F3N5O3/c1-15(2)10-18(36)11-16-4-5-17(12-21(16)27(28,29)30)33-26-34-22-7-6-19(13-23(22)35-26)38-20-8-9-32-24(14-20)25(37)31-3/h4-10,12-14H,11H2,1-3H3,(H,31,37)(H2,33,34,35). The van der Waals surface area contributed by atoms with E-state index in [4.69, 9.17) is 4.74 Å². The van der Waals surface area contributed by atoms with Crippen molar-refractivity contribution in [2.75, 3.05) is 12.4 Å². The van der Waals surface area contributed by atoms with Crippen molar-refractivity contribution in [3.8, 4) is 11.5 Å². The number of allylic oxidation sites excluding steroid dienone is 2. The van der Waals surface area contributed by atoms with E-state index in [0.29, 0.717) is 22.5 Å². The van der Waals surface area contributed by atoms with E-state index in [1.807, 2.05) is 0 Å². The summed E-state index contributed by atoms with van der Waals surface area (Å²) in [4.78, 5) is 35.3. The summed E-state index contributed by atoms with van der Waals surface area (Å²) < 4.78 is 47.0. The van der Waals surface area contributed by atoms with Gasteiger partial charge in [0, 0.05) is 37.5 Å². The van der Waals surface area contributed by atoms with E-state index in [1.165, 1.54) is 37.5 Å². The summed E-state index contributed by atoms with van der Waals surface area (Å²) in [6, 6.07) is 11.9. The predicted molar refractivity (Wildman–Crippen MR) is 137 cm³/mol. The summed E-state index contributed by atoms with van der Waals surface area (Å²) >= 11 is 0. The van der Waals surface area contributed by atoms with Crippen molar-refractivity contribution in [2.24, 2.45) is 0 Å². The van der Waals surface area contributed by atoms with Crippen molar-refractivity contribution in [3.63, 3.8) is 0 Å². The fourth-order valence-corrected chi connectivity index (χ4v) is 3.74. The number of anilines is 2. The Kier molecular flexibility index (Phi) is 7.47. The highest BCUT2D eigenvalue weighted by atomic mass is 19.4. The third kappa shape index (κ3) is 6.36. The van der Waals surface area contributed by atoms with Crippen LogP contribution in [0.4, 0.5) is 24.8 Å². The molecule has 0 atom stereocenters. The van der Waals surface area contributed by atoms with Crippen molar-refractivity contribution < 1.29 is 27.5 Å². The number of H-pyrrole nitrogens is 1. The average molecular weight is 524 g/mol. The Bertz CT molecular complexity index is 1540. The van der Waals surface area contributed by atoms with Gasteiger partial charge in [0.25, 0.3) is 5.91 Å². The number of ketones is 1. The van der Waals surface area contributed by atoms with E-state index in [1.54, 1.807) is 38.1 Å². The van der Waals surface area contributed by atoms with E-state index in [9.17, 15) is 22.8 Å². The number of hydrogen-bond donors (Lipinski definition) is 3. The second kappa shape index (κ2) is 10.8. The van der Waals surface area contributed by atoms with Gasteiger partial charge in [-0.25, -0.2) is 4.98 Å². The van der Waals surface area contributed by atoms with Gasteiger partial charge in [-0.15, -0.1) is 0 Å². The predicted octanol–water partition coefficient (Wildman–Crippen LogP) is 5.95. The van der Waals surface area contributed by atoms with E-state index in [2.05, 4.69) is 25.6 Å². The van der Waals surface area contributed by atoms with Crippen molar-refractivity contribution in [3.05, 3.63) is 83.2 Å². The molecule has 4 aromatic rings. The van der Waals surface area contributed by atoms with Gasteiger partial charge in [0.1, 0.15) is 17.2 Å². The first kappa shape index (κ1) is 26.4. The number of ether oxygens (including phenoxy) is 1. The minimum atomic E-state index is -4.64. The smallest absolute Gasteiger partial charge is 0.416 e. The Hall–Kier alpha value is -4.67. The Morgan fingerprint density at radius 1 is 1.05 bits per heavy atom. The third-order valence-electron chi connectivity index (χ3n) is 5.37. The Balaban J connectivity index is 1.55. The molecule has 0 saturated carbocycles. The fourth-order valence-electron chi connectivity index (χ4n) is 3.74. The summed E-state index contributed by atoms with van der Waals surface area (Å²) in [5.41, 5.74) is 1.21. The van der Waals surface area contributed by atoms with E-state index < -0.39 is 17.5 Å². The summed E-state index contributed by atoms with van der Waals surface area (Å²) in [5, 5.41) is 5.35. The molecule has 0 unspecified atom stereocenters. The second-order valence-corrected chi connectivity index (χ2v) is 8.68. The maximum Gasteiger partial charge on any atom is 0.416 e. The maximum absolute atomic E-state index is 13.7. The number of pyridine rings is 1. The molecular weight excluding hydrogens is 499 g/mol. The highest BCUT2D eigenvalue weighted by Crippen LogP contribution is 2.35. The highest BCUT2D eigenvalue weighted by molar-refractivity contribution is 5.92. The minimum absolute atomic E-state index is 0.104. The summed E-state index contributed by atoms with van der Waals surface area (Å²) in [7, 11) is 1.50. The van der Waals surface area contributed by atoms with Crippen LogP contribution in [0.5, 0.6) is 11.5 Å². The molecule has 0 radical (unpaired) electrons. The van der Waals surface area contributed by atoms with Gasteiger partial charge in [0.2, 0.25) is 5.95 Å². The zero-order chi connectivity index (χ0) is 27.4. The molecule has 2 aromatic carbocycles. The molecule has 1 amide bonds. The molecule has 4 rings (SSSR count). The number of rotatable bonds is 8. The largest absolute Gasteiger partial charge is 0.457 e. The molecule has 0 bridgehead atoms. The number of imidazole rings is 1. The topological polar surface area (TPSA) is 109 Å². The fraction of sp³-hybridized carbons (Fsp3) is 0.185. The van der Waals surface area contributed by atoms with Crippen LogP contribution in [0.3, 0.4) is 0 Å². The van der Waals surface area contributed by atoms with Crippen LogP contribution >= 0.6 is 0 Å². The SMILES string of the molecule is CNC(=O)c1cc(Oc2ccc3[nH]c(Nc4ccc(CC(=O)C=C(C)C)c(C(F)(F)F)c4)nc3c2)ccn1. The number of carbonyl (C=O) groups excluding carboxylic acids is 2. The minimum Gasteiger partial charge on any atom is -0.457 e. The van der Waals surface area contributed by atoms with E-state index in [0.717, 1.165) is 11.6 Å². The highest BCUT2D eigenvalue weighted by Gasteiger charge is 2.34. The zero-order valence-corrected chi connectivity index (χ0v) is 20.7. The summed E-state index contributed by atoms with van der Waals surface area (Å²) in [6.45, 7) is 3.42. The normalized spacial score (nSPS) is 11.2. The quantitative estimate of drug-likeness (QED) is 0.246. The molecule has 38 heavy (non-hydrogen) atoms. The molecule has 2 heterocycles. The van der Waals surface area contributed by atoms with E-state index >= 15 is 0 Å². The van der Waals surface area contributed by atoms with Crippen LogP contribution in [0.1, 0.15) is 35.5 Å². The Morgan fingerprint density at radius 3 is 2.53 bits per heavy atom. The number of aromatic amines is 1. The van der Waals surface area contributed by atoms with Gasteiger partial charge in [0.05, 0.1) is 16.6 Å². The van der Waals surface area contributed by atoms with Gasteiger partial charge < -0.3 is 20.4 Å². The van der Waals surface area contributed by atoms with Gasteiger partial charge >= 0.3 is 6.18 Å². The van der Waals surface area contributed by atoms with E-state index in [-0.39, 0.29) is 35.2 Å². The summed E-state index contributed by atoms with van der Waals surface area (Å²) in [5.74, 6) is 0.312. The average Bonchev–Trinajstić information content (AvgIpc) is 3.25. The lowest BCUT2D eigenvalue weighted by Crippen LogP contribution is -2.18. The monoisotopic (exact) mass is 523 g/mol. The van der Waals surface area contributed by atoms with Gasteiger partial charge in [-0.2, -0.15) is 13.2 Å². The molecule has 0 spiro atoms. The van der Waals surface area contributed by atoms with Gasteiger partial charge in [-0.05, 0) is 55.8 Å². The van der Waals surface area contributed by atoms with Crippen LogP contribution in [0.25, 0.3) is 11.0 Å². The molecule has 0 aliphatic heterocycles. The van der Waals surface area contributed by atoms with Crippen molar-refractivity contribution in [1.29, 1.82) is 0 Å². The number of nitrogens with zero attached hydrogens (tertiary/aromatic N) is 2. The first-order chi connectivity index (χ1) is 18.0. The Morgan fingerprint density at radius 2 is 1.82 bits per heavy atom. The second-order valence-electron chi connectivity index (χ2n) is 8.68. The molecule has 0 fully saturated rings. The van der Waals surface area contributed by atoms with Gasteiger partial charge in [-0.3, -0.25) is 14.6 Å². The van der Waals surface area contributed by atoms with Crippen molar-refractivity contribution in [2.45, 2.75) is 26.4 Å². The molecule has 11 heteroatoms. The number of hydrogen-bond acceptors (Lipinski definition) is 6. The number of alkyl halides is 3. The first-order valence-corrected chi connectivity index (χ1v) is 11.5. The number of nitrogens with one attached hydrogen (secondary N) is 3. The van der Waals surface area contributed by atoms with Crippen LogP contribution in [-0.4, -0.2) is 33.7 Å². The van der Waals surface area contributed by atoms with Crippen molar-refractivity contribution >= 4 is 34.4 Å². The van der Waals surface area contributed by atoms with Crippen LogP contribution in [0, 0.1) is 0 Å². The van der Waals surface area contributed by atoms with Crippen LogP contribution in [0.2, 0.25) is 0 Å². The van der Waals surface area contributed by atoms with Crippen molar-refractivity contribution in [1.82, 2.24) is 20.3 Å². The van der Waals surface area contributed by atoms with Crippen LogP contribution < -0.4 is 15.4 Å². The van der Waals surface area contributed by atoms with Crippen LogP contribution in [0.15, 0.2) is 66.4 Å². The molecular formula is C27H24F3N5O3. The Labute approximate surface area is 216 Å². The molecule has 0 saturated heterocycles. The lowest BCUT2D eigenvalue weighted by molar-refractivity contribution is -0.138. The van der Waals surface area contributed by atoms with Gasteiger partial charge in [0.15, 0.2) is 5.78 Å². The third-order valence-corrected chi connectivity index (χ3v) is 5.37. The lowest BCUT2D eigenvalue weighted by Gasteiger charge is -2.14. The molecule has 3 N–H and O–H groups in total.